The molecule has 0 saturated carbocycles. The largest absolute Gasteiger partial charge is 0.322 e. The summed E-state index contributed by atoms with van der Waals surface area (Å²) < 4.78 is 0. The Morgan fingerprint density at radius 2 is 1.71 bits per heavy atom. The first kappa shape index (κ1) is 9.03. The summed E-state index contributed by atoms with van der Waals surface area (Å²) in [5.74, 6) is 0. The Bertz CT molecular complexity index is 487. The van der Waals surface area contributed by atoms with E-state index in [9.17, 15) is 4.79 Å². The molecule has 1 aromatic carbocycles. The second-order valence-electron chi connectivity index (χ2n) is 2.94. The summed E-state index contributed by atoms with van der Waals surface area (Å²) in [6.07, 6.45) is 0. The van der Waals surface area contributed by atoms with E-state index in [1.54, 1.807) is 18.2 Å². The van der Waals surface area contributed by atoms with E-state index in [2.05, 4.69) is 4.98 Å². The Hall–Kier alpha value is -1.54. The molecule has 2 rings (SSSR count). The third-order valence-electron chi connectivity index (χ3n) is 1.92. The average molecular weight is 206 g/mol. The van der Waals surface area contributed by atoms with Gasteiger partial charge in [0.2, 0.25) is 5.56 Å². The van der Waals surface area contributed by atoms with Crippen LogP contribution in [0.15, 0.2) is 47.3 Å². The minimum absolute atomic E-state index is 0.0996. The van der Waals surface area contributed by atoms with Crippen molar-refractivity contribution in [2.24, 2.45) is 0 Å². The molecular formula is C11H8ClNO. The predicted molar refractivity (Wildman–Crippen MR) is 57.5 cm³/mol. The molecular weight excluding hydrogens is 198 g/mol. The zero-order chi connectivity index (χ0) is 9.97. The monoisotopic (exact) mass is 205 g/mol. The smallest absolute Gasteiger partial charge is 0.248 e. The van der Waals surface area contributed by atoms with Crippen LogP contribution in [-0.4, -0.2) is 4.98 Å². The van der Waals surface area contributed by atoms with Gasteiger partial charge >= 0.3 is 0 Å². The number of aromatic amines is 1. The van der Waals surface area contributed by atoms with Crippen molar-refractivity contribution in [3.05, 3.63) is 57.8 Å². The second kappa shape index (κ2) is 3.68. The van der Waals surface area contributed by atoms with Crippen molar-refractivity contribution < 1.29 is 0 Å². The molecule has 0 bridgehead atoms. The van der Waals surface area contributed by atoms with Gasteiger partial charge in [-0.2, -0.15) is 0 Å². The van der Waals surface area contributed by atoms with Gasteiger partial charge in [0.1, 0.15) is 0 Å². The molecule has 0 saturated heterocycles. The summed E-state index contributed by atoms with van der Waals surface area (Å²) in [6.45, 7) is 0. The number of nitrogens with one attached hydrogen (secondary N) is 1. The molecule has 3 heteroatoms. The van der Waals surface area contributed by atoms with Gasteiger partial charge in [-0.25, -0.2) is 0 Å². The molecule has 0 atom stereocenters. The quantitative estimate of drug-likeness (QED) is 0.763. The zero-order valence-electron chi connectivity index (χ0n) is 7.33. The summed E-state index contributed by atoms with van der Waals surface area (Å²) in [5.41, 5.74) is 1.65. The van der Waals surface area contributed by atoms with Crippen LogP contribution < -0.4 is 5.56 Å². The number of hydrogen-bond acceptors (Lipinski definition) is 1. The SMILES string of the molecule is O=c1cccc(-c2ccc(Cl)cc2)[nH]1. The van der Waals surface area contributed by atoms with Crippen LogP contribution in [-0.2, 0) is 0 Å². The first-order chi connectivity index (χ1) is 6.75. The Morgan fingerprint density at radius 3 is 2.36 bits per heavy atom. The first-order valence-electron chi connectivity index (χ1n) is 4.21. The van der Waals surface area contributed by atoms with E-state index in [4.69, 9.17) is 11.6 Å². The van der Waals surface area contributed by atoms with Gasteiger partial charge in [-0.05, 0) is 23.8 Å². The minimum Gasteiger partial charge on any atom is -0.322 e. The van der Waals surface area contributed by atoms with Crippen molar-refractivity contribution in [1.82, 2.24) is 4.98 Å². The van der Waals surface area contributed by atoms with Gasteiger partial charge in [0.25, 0.3) is 0 Å². The van der Waals surface area contributed by atoms with Gasteiger partial charge in [-0.15, -0.1) is 0 Å². The molecule has 14 heavy (non-hydrogen) atoms. The number of aromatic nitrogens is 1. The molecule has 1 heterocycles. The van der Waals surface area contributed by atoms with Crippen molar-refractivity contribution in [3.8, 4) is 11.3 Å². The number of pyridine rings is 1. The van der Waals surface area contributed by atoms with E-state index in [1.165, 1.54) is 6.07 Å². The second-order valence-corrected chi connectivity index (χ2v) is 3.37. The van der Waals surface area contributed by atoms with E-state index >= 15 is 0 Å². The lowest BCUT2D eigenvalue weighted by molar-refractivity contribution is 1.24. The zero-order valence-corrected chi connectivity index (χ0v) is 8.08. The van der Waals surface area contributed by atoms with Gasteiger partial charge < -0.3 is 4.98 Å². The number of rotatable bonds is 1. The molecule has 0 fully saturated rings. The lowest BCUT2D eigenvalue weighted by atomic mass is 10.1. The molecule has 0 amide bonds. The summed E-state index contributed by atoms with van der Waals surface area (Å²) in [6, 6.07) is 12.4. The fourth-order valence-electron chi connectivity index (χ4n) is 1.25. The highest BCUT2D eigenvalue weighted by Gasteiger charge is 1.96. The Labute approximate surface area is 86.2 Å². The topological polar surface area (TPSA) is 32.9 Å². The van der Waals surface area contributed by atoms with Crippen molar-refractivity contribution in [3.63, 3.8) is 0 Å². The molecule has 0 aliphatic carbocycles. The number of benzene rings is 1. The van der Waals surface area contributed by atoms with Crippen molar-refractivity contribution in [2.75, 3.05) is 0 Å². The highest BCUT2D eigenvalue weighted by molar-refractivity contribution is 6.30. The minimum atomic E-state index is -0.0996. The van der Waals surface area contributed by atoms with Crippen LogP contribution in [0, 0.1) is 0 Å². The number of hydrogen-bond donors (Lipinski definition) is 1. The van der Waals surface area contributed by atoms with Crippen LogP contribution in [0.3, 0.4) is 0 Å². The fourth-order valence-corrected chi connectivity index (χ4v) is 1.37. The van der Waals surface area contributed by atoms with Gasteiger partial charge in [-0.1, -0.05) is 29.8 Å². The molecule has 0 aliphatic rings. The molecule has 2 aromatic rings. The van der Waals surface area contributed by atoms with E-state index in [1.807, 2.05) is 18.2 Å². The Balaban J connectivity index is 2.50. The molecule has 1 aromatic heterocycles. The summed E-state index contributed by atoms with van der Waals surface area (Å²) in [7, 11) is 0. The van der Waals surface area contributed by atoms with Crippen molar-refractivity contribution in [2.45, 2.75) is 0 Å². The lowest BCUT2D eigenvalue weighted by Crippen LogP contribution is -2.03. The molecule has 0 radical (unpaired) electrons. The predicted octanol–water partition coefficient (Wildman–Crippen LogP) is 2.70. The van der Waals surface area contributed by atoms with Gasteiger partial charge in [0.15, 0.2) is 0 Å². The average Bonchev–Trinajstić information content (AvgIpc) is 2.19. The van der Waals surface area contributed by atoms with Crippen molar-refractivity contribution >= 4 is 11.6 Å². The summed E-state index contributed by atoms with van der Waals surface area (Å²) in [5, 5.41) is 0.687. The maximum absolute atomic E-state index is 11.0. The van der Waals surface area contributed by atoms with E-state index in [0.717, 1.165) is 11.3 Å². The maximum Gasteiger partial charge on any atom is 0.248 e. The van der Waals surface area contributed by atoms with E-state index < -0.39 is 0 Å². The first-order valence-corrected chi connectivity index (χ1v) is 4.59. The number of H-pyrrole nitrogens is 1. The normalized spacial score (nSPS) is 10.1. The van der Waals surface area contributed by atoms with E-state index in [-0.39, 0.29) is 5.56 Å². The third-order valence-corrected chi connectivity index (χ3v) is 2.18. The van der Waals surface area contributed by atoms with Gasteiger partial charge in [0, 0.05) is 16.8 Å². The molecule has 0 spiro atoms. The molecule has 0 aliphatic heterocycles. The highest BCUT2D eigenvalue weighted by Crippen LogP contribution is 2.17. The maximum atomic E-state index is 11.0. The summed E-state index contributed by atoms with van der Waals surface area (Å²) >= 11 is 5.76. The van der Waals surface area contributed by atoms with Crippen LogP contribution in [0.1, 0.15) is 0 Å². The van der Waals surface area contributed by atoms with Crippen LogP contribution in [0.25, 0.3) is 11.3 Å². The van der Waals surface area contributed by atoms with Crippen LogP contribution in [0.4, 0.5) is 0 Å². The Morgan fingerprint density at radius 1 is 1.00 bits per heavy atom. The van der Waals surface area contributed by atoms with Gasteiger partial charge in [0.05, 0.1) is 0 Å². The third kappa shape index (κ3) is 1.86. The molecule has 1 N–H and O–H groups in total. The summed E-state index contributed by atoms with van der Waals surface area (Å²) in [4.78, 5) is 13.8. The molecule has 2 nitrogen and oxygen atoms in total. The lowest BCUT2D eigenvalue weighted by Gasteiger charge is -2.00. The van der Waals surface area contributed by atoms with Crippen LogP contribution in [0.2, 0.25) is 5.02 Å². The standard InChI is InChI=1S/C11H8ClNO/c12-9-6-4-8(5-7-9)10-2-1-3-11(14)13-10/h1-7H,(H,13,14). The van der Waals surface area contributed by atoms with Crippen LogP contribution >= 0.6 is 11.6 Å². The highest BCUT2D eigenvalue weighted by atomic mass is 35.5. The Kier molecular flexibility index (Phi) is 2.37. The number of halogens is 1. The van der Waals surface area contributed by atoms with E-state index in [0.29, 0.717) is 5.02 Å². The molecule has 0 unspecified atom stereocenters. The van der Waals surface area contributed by atoms with Gasteiger partial charge in [-0.3, -0.25) is 4.79 Å². The fraction of sp³-hybridized carbons (Fsp3) is 0. The van der Waals surface area contributed by atoms with Crippen LogP contribution in [0.5, 0.6) is 0 Å². The molecule has 70 valence electrons. The van der Waals surface area contributed by atoms with Crippen molar-refractivity contribution in [1.29, 1.82) is 0 Å².